The molecule has 8 nitrogen and oxygen atoms in total. The van der Waals surface area contributed by atoms with Crippen LogP contribution in [0.4, 0.5) is 5.69 Å². The van der Waals surface area contributed by atoms with Gasteiger partial charge in [-0.2, -0.15) is 0 Å². The number of hydrogen-bond acceptors (Lipinski definition) is 6. The summed E-state index contributed by atoms with van der Waals surface area (Å²) in [5.41, 5.74) is 0.526. The number of carbonyl (C=O) groups is 2. The zero-order chi connectivity index (χ0) is 17.0. The number of nitrogens with one attached hydrogen (secondary N) is 2. The predicted molar refractivity (Wildman–Crippen MR) is 84.7 cm³/mol. The van der Waals surface area contributed by atoms with Crippen LogP contribution in [-0.4, -0.2) is 37.4 Å². The molecule has 1 aromatic heterocycles. The topological polar surface area (TPSA) is 125 Å². The number of aromatic carboxylic acids is 1. The lowest BCUT2D eigenvalue weighted by Crippen LogP contribution is -2.23. The van der Waals surface area contributed by atoms with Crippen LogP contribution >= 0.6 is 11.8 Å². The molecule has 9 heteroatoms. The third kappa shape index (κ3) is 4.39. The third-order valence-corrected chi connectivity index (χ3v) is 3.87. The van der Waals surface area contributed by atoms with Crippen LogP contribution in [0.2, 0.25) is 0 Å². The number of anilines is 1. The van der Waals surface area contributed by atoms with Crippen molar-refractivity contribution in [2.75, 3.05) is 5.32 Å². The maximum absolute atomic E-state index is 12.1. The van der Waals surface area contributed by atoms with Gasteiger partial charge >= 0.3 is 5.97 Å². The second-order valence-electron chi connectivity index (χ2n) is 4.68. The molecule has 0 bridgehead atoms. The Bertz CT molecular complexity index is 788. The van der Waals surface area contributed by atoms with Gasteiger partial charge in [-0.15, -0.1) is 10.2 Å². The molecule has 1 heterocycles. The average molecular weight is 334 g/mol. The first-order valence-electron chi connectivity index (χ1n) is 6.61. The molecular weight excluding hydrogens is 320 g/mol. The van der Waals surface area contributed by atoms with Crippen molar-refractivity contribution in [2.24, 2.45) is 0 Å². The molecule has 0 saturated carbocycles. The summed E-state index contributed by atoms with van der Waals surface area (Å²) in [6.45, 7) is 3.20. The summed E-state index contributed by atoms with van der Waals surface area (Å²) in [5.74, 6) is -1.34. The lowest BCUT2D eigenvalue weighted by atomic mass is 10.2. The number of thioether (sulfide) groups is 1. The first-order chi connectivity index (χ1) is 10.9. The molecule has 23 heavy (non-hydrogen) atoms. The molecule has 0 radical (unpaired) electrons. The Balaban J connectivity index is 2.00. The molecule has 0 saturated heterocycles. The van der Waals surface area contributed by atoms with E-state index in [4.69, 9.17) is 5.11 Å². The number of carboxylic acid groups (broad SMARTS) is 1. The van der Waals surface area contributed by atoms with Crippen molar-refractivity contribution in [3.8, 4) is 0 Å². The summed E-state index contributed by atoms with van der Waals surface area (Å²) in [5, 5.41) is 18.7. The highest BCUT2D eigenvalue weighted by molar-refractivity contribution is 8.00. The van der Waals surface area contributed by atoms with Crippen molar-refractivity contribution >= 4 is 29.3 Å². The molecule has 1 atom stereocenters. The van der Waals surface area contributed by atoms with Crippen LogP contribution in [0.5, 0.6) is 0 Å². The summed E-state index contributed by atoms with van der Waals surface area (Å²) >= 11 is 1.07. The number of carboxylic acids is 1. The minimum Gasteiger partial charge on any atom is -0.478 e. The quantitative estimate of drug-likeness (QED) is 0.703. The van der Waals surface area contributed by atoms with Crippen molar-refractivity contribution in [1.82, 2.24) is 15.2 Å². The van der Waals surface area contributed by atoms with E-state index in [2.05, 4.69) is 20.5 Å². The van der Waals surface area contributed by atoms with Crippen LogP contribution in [0.15, 0.2) is 34.2 Å². The van der Waals surface area contributed by atoms with E-state index in [1.165, 1.54) is 31.2 Å². The van der Waals surface area contributed by atoms with E-state index >= 15 is 0 Å². The maximum atomic E-state index is 12.1. The fourth-order valence-corrected chi connectivity index (χ4v) is 2.33. The van der Waals surface area contributed by atoms with Crippen LogP contribution in [-0.2, 0) is 4.79 Å². The SMILES string of the molecule is Cc1nnc(SC(C)C(=O)Nc2ccc(C(=O)O)cc2)[nH]c1=O. The van der Waals surface area contributed by atoms with E-state index in [1.807, 2.05) is 0 Å². The molecule has 1 unspecified atom stereocenters. The number of nitrogens with zero attached hydrogens (tertiary/aromatic N) is 2. The van der Waals surface area contributed by atoms with Gasteiger partial charge in [0.2, 0.25) is 5.91 Å². The number of aryl methyl sites for hydroxylation is 1. The van der Waals surface area contributed by atoms with Gasteiger partial charge in [0, 0.05) is 5.69 Å². The normalized spacial score (nSPS) is 11.7. The highest BCUT2D eigenvalue weighted by Gasteiger charge is 2.16. The van der Waals surface area contributed by atoms with E-state index in [1.54, 1.807) is 6.92 Å². The summed E-state index contributed by atoms with van der Waals surface area (Å²) in [6, 6.07) is 5.82. The second-order valence-corrected chi connectivity index (χ2v) is 6.01. The molecule has 2 aromatic rings. The van der Waals surface area contributed by atoms with Gasteiger partial charge in [-0.1, -0.05) is 11.8 Å². The Morgan fingerprint density at radius 2 is 1.91 bits per heavy atom. The van der Waals surface area contributed by atoms with Crippen molar-refractivity contribution in [3.05, 3.63) is 45.9 Å². The fourth-order valence-electron chi connectivity index (χ4n) is 1.59. The lowest BCUT2D eigenvalue weighted by Gasteiger charge is -2.11. The van der Waals surface area contributed by atoms with Gasteiger partial charge < -0.3 is 10.4 Å². The van der Waals surface area contributed by atoms with Gasteiger partial charge in [0.05, 0.1) is 10.8 Å². The largest absolute Gasteiger partial charge is 0.478 e. The van der Waals surface area contributed by atoms with Gasteiger partial charge in [-0.3, -0.25) is 14.6 Å². The third-order valence-electron chi connectivity index (χ3n) is 2.90. The second kappa shape index (κ2) is 7.05. The number of amides is 1. The Labute approximate surface area is 135 Å². The molecule has 0 aliphatic rings. The van der Waals surface area contributed by atoms with Gasteiger partial charge in [0.1, 0.15) is 5.69 Å². The number of rotatable bonds is 5. The van der Waals surface area contributed by atoms with E-state index in [9.17, 15) is 14.4 Å². The molecular formula is C14H14N4O4S. The summed E-state index contributed by atoms with van der Waals surface area (Å²) in [7, 11) is 0. The van der Waals surface area contributed by atoms with Gasteiger partial charge in [0.25, 0.3) is 5.56 Å². The first kappa shape index (κ1) is 16.7. The predicted octanol–water partition coefficient (Wildman–Crippen LogP) is 1.29. The zero-order valence-electron chi connectivity index (χ0n) is 12.4. The Kier molecular flexibility index (Phi) is 5.12. The number of H-pyrrole nitrogens is 1. The highest BCUT2D eigenvalue weighted by Crippen LogP contribution is 2.19. The molecule has 0 aliphatic carbocycles. The number of benzene rings is 1. The minimum atomic E-state index is -1.03. The van der Waals surface area contributed by atoms with Crippen LogP contribution in [0.25, 0.3) is 0 Å². The number of aromatic amines is 1. The summed E-state index contributed by atoms with van der Waals surface area (Å²) < 4.78 is 0. The monoisotopic (exact) mass is 334 g/mol. The van der Waals surface area contributed by atoms with Gasteiger partial charge in [-0.25, -0.2) is 4.79 Å². The van der Waals surface area contributed by atoms with Crippen molar-refractivity contribution in [3.63, 3.8) is 0 Å². The molecule has 120 valence electrons. The highest BCUT2D eigenvalue weighted by atomic mass is 32.2. The minimum absolute atomic E-state index is 0.137. The van der Waals surface area contributed by atoms with Crippen molar-refractivity contribution in [2.45, 2.75) is 24.3 Å². The smallest absolute Gasteiger partial charge is 0.335 e. The van der Waals surface area contributed by atoms with Crippen molar-refractivity contribution in [1.29, 1.82) is 0 Å². The molecule has 0 fully saturated rings. The first-order valence-corrected chi connectivity index (χ1v) is 7.49. The number of carbonyl (C=O) groups excluding carboxylic acids is 1. The Morgan fingerprint density at radius 1 is 1.26 bits per heavy atom. The molecule has 3 N–H and O–H groups in total. The van der Waals surface area contributed by atoms with E-state index < -0.39 is 11.2 Å². The number of hydrogen-bond donors (Lipinski definition) is 3. The van der Waals surface area contributed by atoms with Crippen LogP contribution < -0.4 is 10.9 Å². The average Bonchev–Trinajstić information content (AvgIpc) is 2.51. The van der Waals surface area contributed by atoms with E-state index in [0.717, 1.165) is 11.8 Å². The Hall–Kier alpha value is -2.68. The molecule has 1 amide bonds. The lowest BCUT2D eigenvalue weighted by molar-refractivity contribution is -0.115. The van der Waals surface area contributed by atoms with Crippen LogP contribution in [0, 0.1) is 6.92 Å². The van der Waals surface area contributed by atoms with Crippen LogP contribution in [0.1, 0.15) is 23.0 Å². The van der Waals surface area contributed by atoms with Crippen molar-refractivity contribution < 1.29 is 14.7 Å². The summed E-state index contributed by atoms with van der Waals surface area (Å²) in [6.07, 6.45) is 0. The fraction of sp³-hybridized carbons (Fsp3) is 0.214. The molecule has 0 aliphatic heterocycles. The Morgan fingerprint density at radius 3 is 2.48 bits per heavy atom. The maximum Gasteiger partial charge on any atom is 0.335 e. The van der Waals surface area contributed by atoms with E-state index in [0.29, 0.717) is 5.69 Å². The molecule has 0 spiro atoms. The van der Waals surface area contributed by atoms with Gasteiger partial charge in [-0.05, 0) is 38.1 Å². The van der Waals surface area contributed by atoms with Crippen LogP contribution in [0.3, 0.4) is 0 Å². The molecule has 1 aromatic carbocycles. The summed E-state index contributed by atoms with van der Waals surface area (Å²) in [4.78, 5) is 36.8. The molecule has 2 rings (SSSR count). The zero-order valence-corrected chi connectivity index (χ0v) is 13.2. The standard InChI is InChI=1S/C14H14N4O4S/c1-7-11(19)16-14(18-17-7)23-8(2)12(20)15-10-5-3-9(4-6-10)13(21)22/h3-6,8H,1-2H3,(H,15,20)(H,21,22)(H,16,18,19). The van der Waals surface area contributed by atoms with Gasteiger partial charge in [0.15, 0.2) is 5.16 Å². The number of aromatic nitrogens is 3. The van der Waals surface area contributed by atoms with E-state index in [-0.39, 0.29) is 27.9 Å².